The van der Waals surface area contributed by atoms with Gasteiger partial charge in [0.15, 0.2) is 5.83 Å². The third-order valence-corrected chi connectivity index (χ3v) is 5.86. The van der Waals surface area contributed by atoms with Crippen LogP contribution in [0.2, 0.25) is 0 Å². The minimum atomic E-state index is -0.626. The van der Waals surface area contributed by atoms with Gasteiger partial charge in [0.2, 0.25) is 0 Å². The summed E-state index contributed by atoms with van der Waals surface area (Å²) in [5.41, 5.74) is 2.94. The van der Waals surface area contributed by atoms with Crippen molar-refractivity contribution in [2.75, 3.05) is 0 Å². The Morgan fingerprint density at radius 1 is 1.00 bits per heavy atom. The number of unbranched alkanes of at least 4 members (excludes halogenated alkanes) is 1. The molecule has 0 aromatic heterocycles. The van der Waals surface area contributed by atoms with Crippen molar-refractivity contribution in [2.24, 2.45) is 11.8 Å². The monoisotopic (exact) mass is 355 g/mol. The summed E-state index contributed by atoms with van der Waals surface area (Å²) in [6.45, 7) is 2.23. The maximum Gasteiger partial charge on any atom is 0.196 e. The zero-order valence-electron chi connectivity index (χ0n) is 16.4. The Morgan fingerprint density at radius 2 is 1.58 bits per heavy atom. The second-order valence-corrected chi connectivity index (χ2v) is 7.94. The molecule has 0 aliphatic heterocycles. The van der Waals surface area contributed by atoms with Gasteiger partial charge in [-0.3, -0.25) is 0 Å². The van der Waals surface area contributed by atoms with Crippen LogP contribution in [0.1, 0.15) is 82.3 Å². The second kappa shape index (κ2) is 11.9. The molecule has 0 saturated heterocycles. The van der Waals surface area contributed by atoms with Gasteiger partial charge >= 0.3 is 0 Å². The number of nitriles is 1. The molecule has 1 aliphatic rings. The van der Waals surface area contributed by atoms with Crippen molar-refractivity contribution in [3.63, 3.8) is 0 Å². The van der Waals surface area contributed by atoms with E-state index in [1.165, 1.54) is 81.4 Å². The van der Waals surface area contributed by atoms with Crippen molar-refractivity contribution >= 4 is 0 Å². The number of hydrogen-bond donors (Lipinski definition) is 0. The van der Waals surface area contributed by atoms with Crippen LogP contribution in [0.4, 0.5) is 4.39 Å². The van der Waals surface area contributed by atoms with Gasteiger partial charge in [0.25, 0.3) is 0 Å². The standard InChI is InChI=1S/C24H34FN/c1-2-6-20-11-13-21(14-12-20)7-3-4-8-22-15-17-23(18-16-22)9-5-10-24(25)19-26/h10-14,22-23H,2-9,15-18H2,1H3/t22-,23-. The van der Waals surface area contributed by atoms with Crippen molar-refractivity contribution in [1.82, 2.24) is 0 Å². The lowest BCUT2D eigenvalue weighted by Gasteiger charge is -2.28. The minimum Gasteiger partial charge on any atom is -0.195 e. The SMILES string of the molecule is CCCc1ccc(CCCC[C@H]2CC[C@H](CCC=C(F)C#N)CC2)cc1. The summed E-state index contributed by atoms with van der Waals surface area (Å²) in [5, 5.41) is 8.42. The first-order valence-electron chi connectivity index (χ1n) is 10.5. The van der Waals surface area contributed by atoms with Crippen LogP contribution in [0, 0.1) is 23.2 Å². The molecule has 142 valence electrons. The van der Waals surface area contributed by atoms with Crippen LogP contribution >= 0.6 is 0 Å². The number of nitrogens with zero attached hydrogens (tertiary/aromatic N) is 1. The predicted molar refractivity (Wildman–Crippen MR) is 107 cm³/mol. The summed E-state index contributed by atoms with van der Waals surface area (Å²) >= 11 is 0. The van der Waals surface area contributed by atoms with Crippen LogP contribution < -0.4 is 0 Å². The van der Waals surface area contributed by atoms with Gasteiger partial charge in [-0.2, -0.15) is 9.65 Å². The maximum atomic E-state index is 12.8. The van der Waals surface area contributed by atoms with E-state index in [1.807, 2.05) is 0 Å². The van der Waals surface area contributed by atoms with E-state index in [4.69, 9.17) is 5.26 Å². The van der Waals surface area contributed by atoms with E-state index in [-0.39, 0.29) is 0 Å². The molecule has 1 aromatic rings. The van der Waals surface area contributed by atoms with E-state index in [0.29, 0.717) is 6.42 Å². The van der Waals surface area contributed by atoms with E-state index in [1.54, 1.807) is 6.07 Å². The fourth-order valence-corrected chi connectivity index (χ4v) is 4.22. The molecule has 2 rings (SSSR count). The highest BCUT2D eigenvalue weighted by Gasteiger charge is 2.20. The Labute approximate surface area is 159 Å². The minimum absolute atomic E-state index is 0.626. The van der Waals surface area contributed by atoms with Gasteiger partial charge in [0, 0.05) is 0 Å². The number of aryl methyl sites for hydroxylation is 2. The number of benzene rings is 1. The molecule has 1 aromatic carbocycles. The predicted octanol–water partition coefficient (Wildman–Crippen LogP) is 7.32. The Kier molecular flexibility index (Phi) is 9.46. The van der Waals surface area contributed by atoms with Gasteiger partial charge in [-0.05, 0) is 61.1 Å². The molecule has 1 saturated carbocycles. The Morgan fingerprint density at radius 3 is 2.15 bits per heavy atom. The largest absolute Gasteiger partial charge is 0.196 e. The van der Waals surface area contributed by atoms with Gasteiger partial charge in [0.1, 0.15) is 6.07 Å². The summed E-state index contributed by atoms with van der Waals surface area (Å²) in [6.07, 6.45) is 16.0. The molecule has 0 amide bonds. The van der Waals surface area contributed by atoms with Crippen molar-refractivity contribution < 1.29 is 4.39 Å². The molecular formula is C24H34FN. The molecule has 0 spiro atoms. The van der Waals surface area contributed by atoms with Crippen LogP contribution in [-0.2, 0) is 12.8 Å². The van der Waals surface area contributed by atoms with E-state index in [2.05, 4.69) is 31.2 Å². The highest BCUT2D eigenvalue weighted by Crippen LogP contribution is 2.34. The van der Waals surface area contributed by atoms with Crippen LogP contribution in [0.5, 0.6) is 0 Å². The molecule has 0 unspecified atom stereocenters. The molecule has 0 bridgehead atoms. The summed E-state index contributed by atoms with van der Waals surface area (Å²) in [4.78, 5) is 0. The van der Waals surface area contributed by atoms with Crippen LogP contribution in [0.25, 0.3) is 0 Å². The number of allylic oxidation sites excluding steroid dienone is 2. The van der Waals surface area contributed by atoms with Crippen LogP contribution in [-0.4, -0.2) is 0 Å². The molecule has 0 N–H and O–H groups in total. The molecule has 1 nitrogen and oxygen atoms in total. The van der Waals surface area contributed by atoms with Crippen molar-refractivity contribution in [3.8, 4) is 6.07 Å². The van der Waals surface area contributed by atoms with E-state index in [0.717, 1.165) is 18.3 Å². The van der Waals surface area contributed by atoms with Crippen molar-refractivity contribution in [3.05, 3.63) is 47.3 Å². The normalized spacial score (nSPS) is 20.7. The van der Waals surface area contributed by atoms with Crippen LogP contribution in [0.15, 0.2) is 36.2 Å². The van der Waals surface area contributed by atoms with Gasteiger partial charge in [0.05, 0.1) is 0 Å². The summed E-state index contributed by atoms with van der Waals surface area (Å²) in [5.74, 6) is 0.999. The quantitative estimate of drug-likeness (QED) is 0.319. The van der Waals surface area contributed by atoms with E-state index >= 15 is 0 Å². The van der Waals surface area contributed by atoms with Crippen molar-refractivity contribution in [1.29, 1.82) is 5.26 Å². The van der Waals surface area contributed by atoms with Gasteiger partial charge in [-0.25, -0.2) is 0 Å². The molecule has 26 heavy (non-hydrogen) atoms. The number of hydrogen-bond acceptors (Lipinski definition) is 1. The third-order valence-electron chi connectivity index (χ3n) is 5.86. The Hall–Kier alpha value is -1.62. The first-order valence-corrected chi connectivity index (χ1v) is 10.5. The second-order valence-electron chi connectivity index (χ2n) is 7.94. The lowest BCUT2D eigenvalue weighted by atomic mass is 9.78. The lowest BCUT2D eigenvalue weighted by molar-refractivity contribution is 0.250. The molecular weight excluding hydrogens is 321 g/mol. The molecule has 0 heterocycles. The average Bonchev–Trinajstić information content (AvgIpc) is 2.67. The van der Waals surface area contributed by atoms with Gasteiger partial charge < -0.3 is 0 Å². The van der Waals surface area contributed by atoms with Gasteiger partial charge in [-0.1, -0.05) is 76.1 Å². The average molecular weight is 356 g/mol. The summed E-state index contributed by atoms with van der Waals surface area (Å²) in [7, 11) is 0. The smallest absolute Gasteiger partial charge is 0.195 e. The molecule has 1 aliphatic carbocycles. The van der Waals surface area contributed by atoms with Crippen molar-refractivity contribution in [2.45, 2.75) is 84.0 Å². The Balaban J connectivity index is 1.55. The maximum absolute atomic E-state index is 12.8. The Bertz CT molecular complexity index is 573. The molecule has 1 fully saturated rings. The first kappa shape index (κ1) is 20.7. The molecule has 0 atom stereocenters. The highest BCUT2D eigenvalue weighted by atomic mass is 19.1. The lowest BCUT2D eigenvalue weighted by Crippen LogP contribution is -2.14. The fraction of sp³-hybridized carbons (Fsp3) is 0.625. The first-order chi connectivity index (χ1) is 12.7. The molecule has 2 heteroatoms. The zero-order valence-corrected chi connectivity index (χ0v) is 16.4. The zero-order chi connectivity index (χ0) is 18.6. The third kappa shape index (κ3) is 7.73. The van der Waals surface area contributed by atoms with E-state index < -0.39 is 5.83 Å². The summed E-state index contributed by atoms with van der Waals surface area (Å²) in [6, 6.07) is 10.7. The topological polar surface area (TPSA) is 23.8 Å². The number of halogens is 1. The fourth-order valence-electron chi connectivity index (χ4n) is 4.22. The highest BCUT2D eigenvalue weighted by molar-refractivity contribution is 5.22. The van der Waals surface area contributed by atoms with Gasteiger partial charge in [-0.15, -0.1) is 0 Å². The molecule has 0 radical (unpaired) electrons. The number of rotatable bonds is 10. The summed E-state index contributed by atoms with van der Waals surface area (Å²) < 4.78 is 12.8. The van der Waals surface area contributed by atoms with E-state index in [9.17, 15) is 4.39 Å². The van der Waals surface area contributed by atoms with Crippen LogP contribution in [0.3, 0.4) is 0 Å².